The van der Waals surface area contributed by atoms with E-state index >= 15 is 0 Å². The number of carbonyl (C=O) groups is 1. The number of nitrogen functional groups attached to an aromatic ring is 1. The van der Waals surface area contributed by atoms with Crippen LogP contribution in [0.15, 0.2) is 18.2 Å². The fourth-order valence-corrected chi connectivity index (χ4v) is 3.46. The zero-order chi connectivity index (χ0) is 15.6. The normalized spacial score (nSPS) is 11.3. The second-order valence-corrected chi connectivity index (χ2v) is 6.56. The van der Waals surface area contributed by atoms with Gasteiger partial charge in [0, 0.05) is 23.7 Å². The van der Waals surface area contributed by atoms with Crippen LogP contribution in [0.1, 0.15) is 23.5 Å². The van der Waals surface area contributed by atoms with E-state index < -0.39 is 0 Å². The van der Waals surface area contributed by atoms with Gasteiger partial charge in [-0.25, -0.2) is 0 Å². The highest BCUT2D eigenvalue weighted by molar-refractivity contribution is 7.21. The van der Waals surface area contributed by atoms with E-state index in [1.54, 1.807) is 18.0 Å². The predicted molar refractivity (Wildman–Crippen MR) is 89.3 cm³/mol. The number of ether oxygens (including phenoxy) is 1. The minimum Gasteiger partial charge on any atom is -0.397 e. The number of halogens is 1. The van der Waals surface area contributed by atoms with Gasteiger partial charge in [-0.15, -0.1) is 11.3 Å². The van der Waals surface area contributed by atoms with E-state index in [0.717, 1.165) is 10.1 Å². The molecule has 0 fully saturated rings. The van der Waals surface area contributed by atoms with Crippen LogP contribution in [0.25, 0.3) is 10.1 Å². The minimum absolute atomic E-state index is 0.0999. The van der Waals surface area contributed by atoms with Gasteiger partial charge in [-0.05, 0) is 26.0 Å². The van der Waals surface area contributed by atoms with Crippen molar-refractivity contribution < 1.29 is 9.53 Å². The Balaban J connectivity index is 2.19. The number of nitrogens with two attached hydrogens (primary N) is 1. The number of hydrogen-bond donors (Lipinski definition) is 1. The number of amides is 1. The van der Waals surface area contributed by atoms with Gasteiger partial charge in [0.05, 0.1) is 23.4 Å². The molecular weight excluding hydrogens is 308 g/mol. The summed E-state index contributed by atoms with van der Waals surface area (Å²) in [7, 11) is 1.75. The molecule has 2 rings (SSSR count). The number of rotatable bonds is 5. The molecular formula is C15H19ClN2O2S. The standard InChI is InChI=1S/C15H19ClN2O2S/c1-9(2)20-8-7-18(3)15(19)14-13(17)12-10(16)5-4-6-11(12)21-14/h4-6,9H,7-8,17H2,1-3H3. The fourth-order valence-electron chi connectivity index (χ4n) is 1.99. The molecule has 2 N–H and O–H groups in total. The summed E-state index contributed by atoms with van der Waals surface area (Å²) in [6, 6.07) is 5.55. The average molecular weight is 327 g/mol. The van der Waals surface area contributed by atoms with Crippen molar-refractivity contribution in [2.75, 3.05) is 25.9 Å². The molecule has 114 valence electrons. The maximum atomic E-state index is 12.5. The van der Waals surface area contributed by atoms with Crippen molar-refractivity contribution >= 4 is 44.6 Å². The average Bonchev–Trinajstić information content (AvgIpc) is 2.76. The maximum absolute atomic E-state index is 12.5. The zero-order valence-corrected chi connectivity index (χ0v) is 13.9. The number of likely N-dealkylation sites (N-methyl/N-ethyl adjacent to an activating group) is 1. The van der Waals surface area contributed by atoms with Crippen LogP contribution in [-0.4, -0.2) is 37.1 Å². The molecule has 0 saturated heterocycles. The first-order chi connectivity index (χ1) is 9.91. The Labute approximate surface area is 133 Å². The van der Waals surface area contributed by atoms with Gasteiger partial charge in [0.25, 0.3) is 5.91 Å². The molecule has 1 aromatic carbocycles. The third kappa shape index (κ3) is 3.48. The molecule has 0 spiro atoms. The molecule has 2 aromatic rings. The van der Waals surface area contributed by atoms with Crippen molar-refractivity contribution in [3.63, 3.8) is 0 Å². The van der Waals surface area contributed by atoms with E-state index in [-0.39, 0.29) is 12.0 Å². The molecule has 0 aliphatic rings. The number of thiophene rings is 1. The first-order valence-corrected chi connectivity index (χ1v) is 7.94. The number of hydrogen-bond acceptors (Lipinski definition) is 4. The lowest BCUT2D eigenvalue weighted by atomic mass is 10.2. The Morgan fingerprint density at radius 1 is 1.48 bits per heavy atom. The topological polar surface area (TPSA) is 55.6 Å². The molecule has 0 saturated carbocycles. The summed E-state index contributed by atoms with van der Waals surface area (Å²) >= 11 is 7.53. The fraction of sp³-hybridized carbons (Fsp3) is 0.400. The molecule has 0 aliphatic heterocycles. The lowest BCUT2D eigenvalue weighted by molar-refractivity contribution is 0.0535. The monoisotopic (exact) mass is 326 g/mol. The van der Waals surface area contributed by atoms with E-state index in [9.17, 15) is 4.79 Å². The summed E-state index contributed by atoms with van der Waals surface area (Å²) in [5.41, 5.74) is 6.56. The van der Waals surface area contributed by atoms with Gasteiger partial charge < -0.3 is 15.4 Å². The predicted octanol–water partition coefficient (Wildman–Crippen LogP) is 3.63. The van der Waals surface area contributed by atoms with Crippen LogP contribution in [-0.2, 0) is 4.74 Å². The molecule has 0 atom stereocenters. The van der Waals surface area contributed by atoms with Crippen molar-refractivity contribution in [3.8, 4) is 0 Å². The lowest BCUT2D eigenvalue weighted by Gasteiger charge is -2.17. The second-order valence-electron chi connectivity index (χ2n) is 5.10. The maximum Gasteiger partial charge on any atom is 0.265 e. The van der Waals surface area contributed by atoms with Crippen molar-refractivity contribution in [2.45, 2.75) is 20.0 Å². The van der Waals surface area contributed by atoms with Gasteiger partial charge in [0.1, 0.15) is 4.88 Å². The Kier molecular flexibility index (Phi) is 5.08. The highest BCUT2D eigenvalue weighted by Gasteiger charge is 2.20. The van der Waals surface area contributed by atoms with Crippen LogP contribution in [0.5, 0.6) is 0 Å². The summed E-state index contributed by atoms with van der Waals surface area (Å²) in [5, 5.41) is 1.34. The van der Waals surface area contributed by atoms with Crippen LogP contribution >= 0.6 is 22.9 Å². The van der Waals surface area contributed by atoms with E-state index in [1.165, 1.54) is 11.3 Å². The molecule has 0 unspecified atom stereocenters. The smallest absolute Gasteiger partial charge is 0.265 e. The molecule has 0 aliphatic carbocycles. The highest BCUT2D eigenvalue weighted by Crippen LogP contribution is 2.38. The quantitative estimate of drug-likeness (QED) is 0.912. The molecule has 6 heteroatoms. The van der Waals surface area contributed by atoms with Crippen LogP contribution < -0.4 is 5.73 Å². The van der Waals surface area contributed by atoms with Gasteiger partial charge in [-0.3, -0.25) is 4.79 Å². The Morgan fingerprint density at radius 2 is 2.19 bits per heavy atom. The van der Waals surface area contributed by atoms with Crippen LogP contribution in [0, 0.1) is 0 Å². The second kappa shape index (κ2) is 6.64. The first kappa shape index (κ1) is 16.1. The number of benzene rings is 1. The summed E-state index contributed by atoms with van der Waals surface area (Å²) in [6.07, 6.45) is 0.154. The lowest BCUT2D eigenvalue weighted by Crippen LogP contribution is -2.30. The van der Waals surface area contributed by atoms with Gasteiger partial charge in [-0.2, -0.15) is 0 Å². The third-order valence-corrected chi connectivity index (χ3v) is 4.59. The summed E-state index contributed by atoms with van der Waals surface area (Å²) < 4.78 is 6.39. The summed E-state index contributed by atoms with van der Waals surface area (Å²) in [6.45, 7) is 4.96. The van der Waals surface area contributed by atoms with Crippen molar-refractivity contribution in [2.24, 2.45) is 0 Å². The number of fused-ring (bicyclic) bond motifs is 1. The van der Waals surface area contributed by atoms with Gasteiger partial charge >= 0.3 is 0 Å². The largest absolute Gasteiger partial charge is 0.397 e. The molecule has 0 bridgehead atoms. The third-order valence-electron chi connectivity index (χ3n) is 3.12. The van der Waals surface area contributed by atoms with E-state index in [0.29, 0.717) is 28.7 Å². The molecule has 4 nitrogen and oxygen atoms in total. The van der Waals surface area contributed by atoms with E-state index in [2.05, 4.69) is 0 Å². The van der Waals surface area contributed by atoms with Gasteiger partial charge in [0.15, 0.2) is 0 Å². The Hall–Kier alpha value is -1.30. The van der Waals surface area contributed by atoms with Crippen LogP contribution in [0.3, 0.4) is 0 Å². The van der Waals surface area contributed by atoms with Crippen LogP contribution in [0.2, 0.25) is 5.02 Å². The van der Waals surface area contributed by atoms with E-state index in [1.807, 2.05) is 26.0 Å². The Morgan fingerprint density at radius 3 is 2.81 bits per heavy atom. The Bertz CT molecular complexity index is 654. The van der Waals surface area contributed by atoms with Gasteiger partial charge in [0.2, 0.25) is 0 Å². The van der Waals surface area contributed by atoms with Gasteiger partial charge in [-0.1, -0.05) is 17.7 Å². The van der Waals surface area contributed by atoms with Crippen LogP contribution in [0.4, 0.5) is 5.69 Å². The highest BCUT2D eigenvalue weighted by atomic mass is 35.5. The first-order valence-electron chi connectivity index (χ1n) is 6.75. The zero-order valence-electron chi connectivity index (χ0n) is 12.4. The molecule has 0 radical (unpaired) electrons. The molecule has 21 heavy (non-hydrogen) atoms. The number of carbonyl (C=O) groups excluding carboxylic acids is 1. The SMILES string of the molecule is CC(C)OCCN(C)C(=O)c1sc2cccc(Cl)c2c1N. The number of anilines is 1. The summed E-state index contributed by atoms with van der Waals surface area (Å²) in [5.74, 6) is -0.0999. The molecule has 1 amide bonds. The number of nitrogens with zero attached hydrogens (tertiary/aromatic N) is 1. The van der Waals surface area contributed by atoms with Crippen molar-refractivity contribution in [1.29, 1.82) is 0 Å². The van der Waals surface area contributed by atoms with Crippen molar-refractivity contribution in [1.82, 2.24) is 4.90 Å². The molecule has 1 heterocycles. The van der Waals surface area contributed by atoms with E-state index in [4.69, 9.17) is 22.1 Å². The molecule has 1 aromatic heterocycles. The summed E-state index contributed by atoms with van der Waals surface area (Å²) in [4.78, 5) is 14.6. The van der Waals surface area contributed by atoms with Crippen molar-refractivity contribution in [3.05, 3.63) is 28.1 Å². The minimum atomic E-state index is -0.0999.